The Morgan fingerprint density at radius 2 is 2.09 bits per heavy atom. The summed E-state index contributed by atoms with van der Waals surface area (Å²) in [6, 6.07) is 6.66. The number of nitrogens with zero attached hydrogens (tertiary/aromatic N) is 1. The zero-order valence-electron chi connectivity index (χ0n) is 12.4. The molecule has 6 nitrogen and oxygen atoms in total. The first-order chi connectivity index (χ1) is 10.6. The first kappa shape index (κ1) is 16.0. The van der Waals surface area contributed by atoms with E-state index in [9.17, 15) is 14.7 Å². The van der Waals surface area contributed by atoms with Crippen LogP contribution in [0, 0.1) is 0 Å². The fraction of sp³-hybridized carbons (Fsp3) is 0.375. The third-order valence-electron chi connectivity index (χ3n) is 3.65. The van der Waals surface area contributed by atoms with Crippen LogP contribution in [0.25, 0.3) is 0 Å². The summed E-state index contributed by atoms with van der Waals surface area (Å²) in [4.78, 5) is 25.4. The predicted molar refractivity (Wildman–Crippen MR) is 83.4 cm³/mol. The van der Waals surface area contributed by atoms with Crippen molar-refractivity contribution in [3.8, 4) is 5.75 Å². The average molecular weight is 303 g/mol. The van der Waals surface area contributed by atoms with Crippen LogP contribution in [0.15, 0.2) is 36.9 Å². The zero-order valence-corrected chi connectivity index (χ0v) is 12.4. The van der Waals surface area contributed by atoms with Crippen LogP contribution in [0.3, 0.4) is 0 Å². The third kappa shape index (κ3) is 4.33. The van der Waals surface area contributed by atoms with Crippen molar-refractivity contribution < 1.29 is 14.7 Å². The Kier molecular flexibility index (Phi) is 5.55. The highest BCUT2D eigenvalue weighted by atomic mass is 16.3. The van der Waals surface area contributed by atoms with Crippen molar-refractivity contribution in [1.82, 2.24) is 15.5 Å². The topological polar surface area (TPSA) is 81.7 Å². The Morgan fingerprint density at radius 3 is 2.77 bits per heavy atom. The van der Waals surface area contributed by atoms with Crippen LogP contribution in [0.2, 0.25) is 0 Å². The quantitative estimate of drug-likeness (QED) is 0.721. The molecule has 3 N–H and O–H groups in total. The summed E-state index contributed by atoms with van der Waals surface area (Å²) in [6.07, 6.45) is 3.51. The molecule has 0 aliphatic carbocycles. The van der Waals surface area contributed by atoms with Crippen LogP contribution in [-0.4, -0.2) is 41.6 Å². The minimum Gasteiger partial charge on any atom is -0.508 e. The molecule has 0 aromatic heterocycles. The lowest BCUT2D eigenvalue weighted by atomic mass is 10.0. The van der Waals surface area contributed by atoms with E-state index in [4.69, 9.17) is 0 Å². The van der Waals surface area contributed by atoms with E-state index in [0.717, 1.165) is 24.9 Å². The SMILES string of the molecule is C=CCNC(=O)NC(=O)CN1CCC[C@@H]1c1ccc(O)cc1. The molecule has 0 saturated carbocycles. The molecule has 0 bridgehead atoms. The highest BCUT2D eigenvalue weighted by Crippen LogP contribution is 2.32. The van der Waals surface area contributed by atoms with Crippen LogP contribution in [-0.2, 0) is 4.79 Å². The first-order valence-electron chi connectivity index (χ1n) is 7.31. The predicted octanol–water partition coefficient (Wildman–Crippen LogP) is 1.54. The minimum absolute atomic E-state index is 0.141. The molecule has 6 heteroatoms. The van der Waals surface area contributed by atoms with Crippen LogP contribution in [0.5, 0.6) is 5.75 Å². The number of phenols is 1. The highest BCUT2D eigenvalue weighted by molar-refractivity contribution is 5.95. The number of carbonyl (C=O) groups excluding carboxylic acids is 2. The molecule has 2 rings (SSSR count). The Bertz CT molecular complexity index is 542. The number of benzene rings is 1. The van der Waals surface area contributed by atoms with Crippen LogP contribution < -0.4 is 10.6 Å². The van der Waals surface area contributed by atoms with E-state index in [2.05, 4.69) is 17.2 Å². The summed E-state index contributed by atoms with van der Waals surface area (Å²) in [5.74, 6) is -0.0998. The van der Waals surface area contributed by atoms with Crippen molar-refractivity contribution in [3.05, 3.63) is 42.5 Å². The lowest BCUT2D eigenvalue weighted by molar-refractivity contribution is -0.121. The summed E-state index contributed by atoms with van der Waals surface area (Å²) in [6.45, 7) is 4.80. The maximum Gasteiger partial charge on any atom is 0.321 e. The van der Waals surface area contributed by atoms with Crippen LogP contribution in [0.1, 0.15) is 24.4 Å². The molecule has 1 aliphatic rings. The number of amides is 3. The zero-order chi connectivity index (χ0) is 15.9. The Balaban J connectivity index is 1.90. The summed E-state index contributed by atoms with van der Waals surface area (Å²) >= 11 is 0. The Morgan fingerprint density at radius 1 is 1.36 bits per heavy atom. The second kappa shape index (κ2) is 7.61. The standard InChI is InChI=1S/C16H21N3O3/c1-2-9-17-16(22)18-15(21)11-19-10-3-4-14(19)12-5-7-13(20)8-6-12/h2,5-8,14,20H,1,3-4,9-11H2,(H2,17,18,21,22)/t14-/m1/s1. The van der Waals surface area contributed by atoms with Crippen molar-refractivity contribution in [1.29, 1.82) is 0 Å². The molecule has 1 saturated heterocycles. The van der Waals surface area contributed by atoms with Gasteiger partial charge in [0, 0.05) is 12.6 Å². The number of phenolic OH excluding ortho intramolecular Hbond substituents is 1. The molecule has 22 heavy (non-hydrogen) atoms. The largest absolute Gasteiger partial charge is 0.508 e. The van der Waals surface area contributed by atoms with Gasteiger partial charge in [-0.1, -0.05) is 18.2 Å². The number of imide groups is 1. The number of hydrogen-bond donors (Lipinski definition) is 3. The van der Waals surface area contributed by atoms with Gasteiger partial charge in [-0.15, -0.1) is 6.58 Å². The Labute approximate surface area is 129 Å². The smallest absolute Gasteiger partial charge is 0.321 e. The molecule has 1 atom stereocenters. The molecule has 0 unspecified atom stereocenters. The molecule has 0 spiro atoms. The summed E-state index contributed by atoms with van der Waals surface area (Å²) < 4.78 is 0. The van der Waals surface area contributed by atoms with Gasteiger partial charge in [-0.3, -0.25) is 15.0 Å². The molecular formula is C16H21N3O3. The number of carbonyl (C=O) groups is 2. The van der Waals surface area contributed by atoms with Crippen molar-refractivity contribution in [2.24, 2.45) is 0 Å². The van der Waals surface area contributed by atoms with E-state index >= 15 is 0 Å². The molecule has 1 heterocycles. The van der Waals surface area contributed by atoms with Gasteiger partial charge in [0.1, 0.15) is 5.75 Å². The lowest BCUT2D eigenvalue weighted by Crippen LogP contribution is -2.44. The number of hydrogen-bond acceptors (Lipinski definition) is 4. The van der Waals surface area contributed by atoms with Gasteiger partial charge in [0.15, 0.2) is 0 Å². The van der Waals surface area contributed by atoms with Gasteiger partial charge < -0.3 is 10.4 Å². The molecule has 1 aromatic carbocycles. The third-order valence-corrected chi connectivity index (χ3v) is 3.65. The number of nitrogens with one attached hydrogen (secondary N) is 2. The van der Waals surface area contributed by atoms with Gasteiger partial charge in [0.25, 0.3) is 0 Å². The van der Waals surface area contributed by atoms with E-state index in [1.807, 2.05) is 17.0 Å². The van der Waals surface area contributed by atoms with Crippen molar-refractivity contribution in [2.45, 2.75) is 18.9 Å². The average Bonchev–Trinajstić information content (AvgIpc) is 2.93. The van der Waals surface area contributed by atoms with Crippen LogP contribution in [0.4, 0.5) is 4.79 Å². The van der Waals surface area contributed by atoms with Crippen molar-refractivity contribution in [2.75, 3.05) is 19.6 Å². The number of urea groups is 1. The number of likely N-dealkylation sites (tertiary alicyclic amines) is 1. The van der Waals surface area contributed by atoms with E-state index < -0.39 is 6.03 Å². The fourth-order valence-electron chi connectivity index (χ4n) is 2.65. The summed E-state index contributed by atoms with van der Waals surface area (Å²) in [5, 5.41) is 14.2. The van der Waals surface area contributed by atoms with E-state index in [-0.39, 0.29) is 24.2 Å². The lowest BCUT2D eigenvalue weighted by Gasteiger charge is -2.24. The maximum absolute atomic E-state index is 11.9. The highest BCUT2D eigenvalue weighted by Gasteiger charge is 2.27. The molecule has 1 aromatic rings. The number of aromatic hydroxyl groups is 1. The Hall–Kier alpha value is -2.34. The van der Waals surface area contributed by atoms with E-state index in [1.54, 1.807) is 18.2 Å². The van der Waals surface area contributed by atoms with Crippen molar-refractivity contribution in [3.63, 3.8) is 0 Å². The van der Waals surface area contributed by atoms with Crippen molar-refractivity contribution >= 4 is 11.9 Å². The van der Waals surface area contributed by atoms with Gasteiger partial charge in [-0.05, 0) is 37.1 Å². The number of rotatable bonds is 5. The molecule has 1 aliphatic heterocycles. The second-order valence-corrected chi connectivity index (χ2v) is 5.27. The summed E-state index contributed by atoms with van der Waals surface area (Å²) in [5.41, 5.74) is 1.07. The van der Waals surface area contributed by atoms with Gasteiger partial charge in [-0.25, -0.2) is 4.79 Å². The minimum atomic E-state index is -0.509. The van der Waals surface area contributed by atoms with Gasteiger partial charge in [0.2, 0.25) is 5.91 Å². The molecule has 0 radical (unpaired) electrons. The molecule has 3 amide bonds. The van der Waals surface area contributed by atoms with Gasteiger partial charge in [0.05, 0.1) is 6.54 Å². The van der Waals surface area contributed by atoms with Gasteiger partial charge in [-0.2, -0.15) is 0 Å². The maximum atomic E-state index is 11.9. The normalized spacial score (nSPS) is 17.9. The first-order valence-corrected chi connectivity index (χ1v) is 7.31. The molecular weight excluding hydrogens is 282 g/mol. The fourth-order valence-corrected chi connectivity index (χ4v) is 2.65. The van der Waals surface area contributed by atoms with E-state index in [1.165, 1.54) is 0 Å². The molecule has 118 valence electrons. The monoisotopic (exact) mass is 303 g/mol. The summed E-state index contributed by atoms with van der Waals surface area (Å²) in [7, 11) is 0. The second-order valence-electron chi connectivity index (χ2n) is 5.27. The van der Waals surface area contributed by atoms with Gasteiger partial charge >= 0.3 is 6.03 Å². The molecule has 1 fully saturated rings. The van der Waals surface area contributed by atoms with Crippen LogP contribution >= 0.6 is 0 Å². The van der Waals surface area contributed by atoms with E-state index in [0.29, 0.717) is 6.54 Å².